The first-order valence-corrected chi connectivity index (χ1v) is 8.68. The minimum Gasteiger partial charge on any atom is -0.491 e. The molecule has 6 nitrogen and oxygen atoms in total. The van der Waals surface area contributed by atoms with Crippen molar-refractivity contribution in [3.05, 3.63) is 39.6 Å². The van der Waals surface area contributed by atoms with E-state index in [1.165, 1.54) is 0 Å². The molecule has 0 aliphatic rings. The molecule has 1 heterocycles. The summed E-state index contributed by atoms with van der Waals surface area (Å²) in [5, 5.41) is 0. The van der Waals surface area contributed by atoms with E-state index in [1.807, 2.05) is 6.92 Å². The molecule has 2 N–H and O–H groups in total. The van der Waals surface area contributed by atoms with Crippen molar-refractivity contribution in [2.75, 3.05) is 11.3 Å². The highest BCUT2D eigenvalue weighted by atomic mass is 32.2. The van der Waals surface area contributed by atoms with Crippen LogP contribution in [0.15, 0.2) is 33.3 Å². The number of anilines is 1. The zero-order valence-corrected chi connectivity index (χ0v) is 13.3. The number of aromatic nitrogens is 1. The Labute approximate surface area is 126 Å². The van der Waals surface area contributed by atoms with Gasteiger partial charge in [-0.05, 0) is 25.5 Å². The second-order valence-electron chi connectivity index (χ2n) is 4.38. The standard InChI is InChI=1S/C13H16N2O4S2/c1-3-8-19-11-7-5-4-6-10(11)15-21(17,18)12-9(2)14-13(16)20-12/h4-7,15H,3,8H2,1-2H3,(H,14,16). The van der Waals surface area contributed by atoms with Crippen LogP contribution in [-0.4, -0.2) is 20.0 Å². The number of hydrogen-bond donors (Lipinski definition) is 2. The number of rotatable bonds is 6. The molecule has 0 amide bonds. The highest BCUT2D eigenvalue weighted by molar-refractivity contribution is 7.94. The van der Waals surface area contributed by atoms with Gasteiger partial charge in [0.2, 0.25) is 0 Å². The molecule has 0 unspecified atom stereocenters. The average Bonchev–Trinajstić information content (AvgIpc) is 2.77. The molecule has 1 aromatic carbocycles. The van der Waals surface area contributed by atoms with Crippen molar-refractivity contribution < 1.29 is 13.2 Å². The third kappa shape index (κ3) is 3.64. The first-order chi connectivity index (χ1) is 9.94. The second-order valence-corrected chi connectivity index (χ2v) is 7.24. The summed E-state index contributed by atoms with van der Waals surface area (Å²) in [7, 11) is -3.81. The lowest BCUT2D eigenvalue weighted by Crippen LogP contribution is -2.13. The van der Waals surface area contributed by atoms with Crippen molar-refractivity contribution in [2.24, 2.45) is 0 Å². The molecule has 0 radical (unpaired) electrons. The van der Waals surface area contributed by atoms with Crippen LogP contribution in [0.25, 0.3) is 0 Å². The van der Waals surface area contributed by atoms with E-state index in [0.717, 1.165) is 6.42 Å². The van der Waals surface area contributed by atoms with Gasteiger partial charge in [0.25, 0.3) is 10.0 Å². The molecule has 0 fully saturated rings. The number of H-pyrrole nitrogens is 1. The summed E-state index contributed by atoms with van der Waals surface area (Å²) in [5.41, 5.74) is 0.677. The predicted octanol–water partition coefficient (Wildman–Crippen LogP) is 2.33. The number of aryl methyl sites for hydroxylation is 1. The van der Waals surface area contributed by atoms with Crippen LogP contribution in [0.5, 0.6) is 5.75 Å². The predicted molar refractivity (Wildman–Crippen MR) is 82.7 cm³/mol. The van der Waals surface area contributed by atoms with Gasteiger partial charge in [0.1, 0.15) is 5.75 Å². The van der Waals surface area contributed by atoms with Gasteiger partial charge < -0.3 is 9.72 Å². The smallest absolute Gasteiger partial charge is 0.306 e. The zero-order chi connectivity index (χ0) is 15.5. The number of nitrogens with one attached hydrogen (secondary N) is 2. The molecule has 1 aromatic heterocycles. The monoisotopic (exact) mass is 328 g/mol. The third-order valence-electron chi connectivity index (χ3n) is 2.62. The molecule has 0 bridgehead atoms. The fourth-order valence-electron chi connectivity index (χ4n) is 1.73. The van der Waals surface area contributed by atoms with E-state index in [-0.39, 0.29) is 4.21 Å². The zero-order valence-electron chi connectivity index (χ0n) is 11.7. The van der Waals surface area contributed by atoms with Gasteiger partial charge >= 0.3 is 4.87 Å². The van der Waals surface area contributed by atoms with Gasteiger partial charge in [-0.15, -0.1) is 0 Å². The summed E-state index contributed by atoms with van der Waals surface area (Å²) < 4.78 is 32.7. The fraction of sp³-hybridized carbons (Fsp3) is 0.308. The second kappa shape index (κ2) is 6.31. The Morgan fingerprint density at radius 2 is 2.05 bits per heavy atom. The van der Waals surface area contributed by atoms with Crippen LogP contribution in [0.1, 0.15) is 19.0 Å². The molecular formula is C13H16N2O4S2. The average molecular weight is 328 g/mol. The van der Waals surface area contributed by atoms with Crippen LogP contribution in [0.4, 0.5) is 5.69 Å². The van der Waals surface area contributed by atoms with E-state index in [4.69, 9.17) is 4.74 Å². The van der Waals surface area contributed by atoms with Crippen LogP contribution in [0.2, 0.25) is 0 Å². The van der Waals surface area contributed by atoms with Crippen molar-refractivity contribution in [1.29, 1.82) is 0 Å². The van der Waals surface area contributed by atoms with Crippen LogP contribution in [0, 0.1) is 6.92 Å². The highest BCUT2D eigenvalue weighted by Gasteiger charge is 2.22. The summed E-state index contributed by atoms with van der Waals surface area (Å²) in [6.45, 7) is 4.01. The Morgan fingerprint density at radius 3 is 2.67 bits per heavy atom. The summed E-state index contributed by atoms with van der Waals surface area (Å²) in [4.78, 5) is 13.3. The van der Waals surface area contributed by atoms with E-state index in [1.54, 1.807) is 31.2 Å². The quantitative estimate of drug-likeness (QED) is 0.852. The Bertz CT molecular complexity index is 777. The van der Waals surface area contributed by atoms with Gasteiger partial charge in [-0.3, -0.25) is 9.52 Å². The first-order valence-electron chi connectivity index (χ1n) is 6.38. The van der Waals surface area contributed by atoms with Gasteiger partial charge in [-0.25, -0.2) is 8.42 Å². The highest BCUT2D eigenvalue weighted by Crippen LogP contribution is 2.28. The molecule has 2 aromatic rings. The van der Waals surface area contributed by atoms with Gasteiger partial charge in [0.05, 0.1) is 12.3 Å². The Kier molecular flexibility index (Phi) is 4.69. The molecule has 0 aliphatic carbocycles. The number of hydrogen-bond acceptors (Lipinski definition) is 5. The Balaban J connectivity index is 2.33. The molecule has 0 spiro atoms. The molecular weight excluding hydrogens is 312 g/mol. The van der Waals surface area contributed by atoms with Crippen LogP contribution >= 0.6 is 11.3 Å². The van der Waals surface area contributed by atoms with Crippen molar-refractivity contribution >= 4 is 27.0 Å². The minimum atomic E-state index is -3.81. The minimum absolute atomic E-state index is 0.0159. The van der Waals surface area contributed by atoms with Crippen molar-refractivity contribution in [3.8, 4) is 5.75 Å². The van der Waals surface area contributed by atoms with E-state index >= 15 is 0 Å². The summed E-state index contributed by atoms with van der Waals surface area (Å²) >= 11 is 0.662. The third-order valence-corrected chi connectivity index (χ3v) is 5.59. The molecule has 0 atom stereocenters. The summed E-state index contributed by atoms with van der Waals surface area (Å²) in [6.07, 6.45) is 0.819. The Hall–Kier alpha value is -1.80. The maximum absolute atomic E-state index is 12.3. The van der Waals surface area contributed by atoms with Crippen LogP contribution in [0.3, 0.4) is 0 Å². The largest absolute Gasteiger partial charge is 0.491 e. The van der Waals surface area contributed by atoms with Gasteiger partial charge in [0, 0.05) is 5.69 Å². The fourth-order valence-corrected chi connectivity index (χ4v) is 4.10. The van der Waals surface area contributed by atoms with E-state index in [2.05, 4.69) is 9.71 Å². The van der Waals surface area contributed by atoms with E-state index < -0.39 is 14.9 Å². The normalized spacial score (nSPS) is 11.3. The summed E-state index contributed by atoms with van der Waals surface area (Å²) in [6, 6.07) is 6.79. The summed E-state index contributed by atoms with van der Waals surface area (Å²) in [5.74, 6) is 0.462. The van der Waals surface area contributed by atoms with Gasteiger partial charge in [-0.2, -0.15) is 0 Å². The van der Waals surface area contributed by atoms with Crippen molar-refractivity contribution in [2.45, 2.75) is 24.5 Å². The Morgan fingerprint density at radius 1 is 1.33 bits per heavy atom. The number of sulfonamides is 1. The van der Waals surface area contributed by atoms with E-state index in [0.29, 0.717) is 35.1 Å². The van der Waals surface area contributed by atoms with Gasteiger partial charge in [-0.1, -0.05) is 30.4 Å². The number of aromatic amines is 1. The maximum atomic E-state index is 12.3. The van der Waals surface area contributed by atoms with Crippen LogP contribution in [-0.2, 0) is 10.0 Å². The lowest BCUT2D eigenvalue weighted by atomic mass is 10.3. The molecule has 0 saturated heterocycles. The van der Waals surface area contributed by atoms with E-state index in [9.17, 15) is 13.2 Å². The number of benzene rings is 1. The first kappa shape index (κ1) is 15.6. The number of thiazole rings is 1. The van der Waals surface area contributed by atoms with Gasteiger partial charge in [0.15, 0.2) is 4.21 Å². The number of ether oxygens (including phenoxy) is 1. The lowest BCUT2D eigenvalue weighted by Gasteiger charge is -2.12. The maximum Gasteiger partial charge on any atom is 0.306 e. The van der Waals surface area contributed by atoms with Crippen LogP contribution < -0.4 is 14.3 Å². The van der Waals surface area contributed by atoms with Crippen molar-refractivity contribution in [1.82, 2.24) is 4.98 Å². The molecule has 8 heteroatoms. The number of para-hydroxylation sites is 2. The molecule has 114 valence electrons. The van der Waals surface area contributed by atoms with Crippen molar-refractivity contribution in [3.63, 3.8) is 0 Å². The topological polar surface area (TPSA) is 88.3 Å². The molecule has 21 heavy (non-hydrogen) atoms. The molecule has 2 rings (SSSR count). The molecule has 0 aliphatic heterocycles. The lowest BCUT2D eigenvalue weighted by molar-refractivity contribution is 0.319. The molecule has 0 saturated carbocycles. The SMILES string of the molecule is CCCOc1ccccc1NS(=O)(=O)c1sc(=O)[nH]c1C.